The van der Waals surface area contributed by atoms with Crippen molar-refractivity contribution in [3.63, 3.8) is 0 Å². The van der Waals surface area contributed by atoms with Crippen molar-refractivity contribution in [1.29, 1.82) is 0 Å². The molecule has 1 aromatic carbocycles. The summed E-state index contributed by atoms with van der Waals surface area (Å²) in [5, 5.41) is 7.96. The van der Waals surface area contributed by atoms with Gasteiger partial charge in [-0.1, -0.05) is 13.0 Å². The van der Waals surface area contributed by atoms with Crippen molar-refractivity contribution in [2.45, 2.75) is 26.4 Å². The molecule has 0 saturated carbocycles. The van der Waals surface area contributed by atoms with Gasteiger partial charge in [-0.15, -0.1) is 0 Å². The minimum atomic E-state index is -0.732. The van der Waals surface area contributed by atoms with Crippen LogP contribution in [-0.2, 0) is 4.74 Å². The highest BCUT2D eigenvalue weighted by molar-refractivity contribution is 6.05. The first-order chi connectivity index (χ1) is 15.9. The molecule has 0 unspecified atom stereocenters. The Labute approximate surface area is 190 Å². The standard InChI is InChI=1S/C23H25N7O3/c1-4-13(32-3)11-33-23-26-8-7-17(29-23)18-9-14(20(24)21(28-18)22(25)31)19-12(2)5-6-16-15(19)10-27-30-16/h5-10,13H,4,11,24H2,1-3H3,(H2,25,31)(H,27,30)/t13-/m1/s1. The number of hydrogen-bond acceptors (Lipinski definition) is 8. The molecule has 4 rings (SSSR count). The summed E-state index contributed by atoms with van der Waals surface area (Å²) < 4.78 is 11.0. The van der Waals surface area contributed by atoms with Gasteiger partial charge in [0.2, 0.25) is 0 Å². The molecule has 0 radical (unpaired) electrons. The zero-order valence-corrected chi connectivity index (χ0v) is 18.6. The van der Waals surface area contributed by atoms with Crippen LogP contribution in [0.25, 0.3) is 33.4 Å². The molecule has 5 N–H and O–H groups in total. The number of carbonyl (C=O) groups excluding carboxylic acids is 1. The Kier molecular flexibility index (Phi) is 6.18. The maximum absolute atomic E-state index is 12.2. The van der Waals surface area contributed by atoms with Gasteiger partial charge in [-0.2, -0.15) is 10.1 Å². The molecule has 0 bridgehead atoms. The molecule has 1 amide bonds. The van der Waals surface area contributed by atoms with Crippen LogP contribution in [0.3, 0.4) is 0 Å². The second-order valence-electron chi connectivity index (χ2n) is 7.57. The number of aromatic nitrogens is 5. The Morgan fingerprint density at radius 1 is 1.21 bits per heavy atom. The summed E-state index contributed by atoms with van der Waals surface area (Å²) in [6, 6.07) is 7.53. The van der Waals surface area contributed by atoms with Crippen molar-refractivity contribution in [3.8, 4) is 28.5 Å². The van der Waals surface area contributed by atoms with Crippen molar-refractivity contribution in [1.82, 2.24) is 25.1 Å². The lowest BCUT2D eigenvalue weighted by Gasteiger charge is -2.15. The monoisotopic (exact) mass is 447 g/mol. The SMILES string of the molecule is CC[C@H](COc1nccc(-c2cc(-c3c(C)ccc4[nH]ncc34)c(N)c(C(N)=O)n2)n1)OC. The summed E-state index contributed by atoms with van der Waals surface area (Å²) in [6.45, 7) is 4.27. The molecule has 0 aliphatic rings. The van der Waals surface area contributed by atoms with Gasteiger partial charge < -0.3 is 20.9 Å². The number of methoxy groups -OCH3 is 1. The lowest BCUT2D eigenvalue weighted by atomic mass is 9.94. The van der Waals surface area contributed by atoms with Crippen LogP contribution in [0.2, 0.25) is 0 Å². The Balaban J connectivity index is 1.84. The van der Waals surface area contributed by atoms with Crippen molar-refractivity contribution in [2.75, 3.05) is 19.5 Å². The summed E-state index contributed by atoms with van der Waals surface area (Å²) >= 11 is 0. The molecule has 3 heterocycles. The fourth-order valence-corrected chi connectivity index (χ4v) is 3.64. The molecule has 33 heavy (non-hydrogen) atoms. The van der Waals surface area contributed by atoms with Gasteiger partial charge in [-0.3, -0.25) is 9.89 Å². The first-order valence-electron chi connectivity index (χ1n) is 10.4. The van der Waals surface area contributed by atoms with Crippen LogP contribution in [0, 0.1) is 6.92 Å². The van der Waals surface area contributed by atoms with Crippen LogP contribution in [0.4, 0.5) is 5.69 Å². The molecule has 1 atom stereocenters. The lowest BCUT2D eigenvalue weighted by Crippen LogP contribution is -2.20. The van der Waals surface area contributed by atoms with Gasteiger partial charge in [0, 0.05) is 24.3 Å². The van der Waals surface area contributed by atoms with Crippen LogP contribution in [0.5, 0.6) is 6.01 Å². The number of ether oxygens (including phenoxy) is 2. The van der Waals surface area contributed by atoms with Gasteiger partial charge in [-0.25, -0.2) is 9.97 Å². The largest absolute Gasteiger partial charge is 0.461 e. The van der Waals surface area contributed by atoms with E-state index in [1.807, 2.05) is 26.0 Å². The second kappa shape index (κ2) is 9.21. The Morgan fingerprint density at radius 2 is 2.03 bits per heavy atom. The molecule has 10 heteroatoms. The number of amides is 1. The van der Waals surface area contributed by atoms with Gasteiger partial charge in [0.1, 0.15) is 6.61 Å². The summed E-state index contributed by atoms with van der Waals surface area (Å²) in [7, 11) is 1.63. The highest BCUT2D eigenvalue weighted by atomic mass is 16.5. The van der Waals surface area contributed by atoms with E-state index in [0.29, 0.717) is 23.6 Å². The molecule has 4 aromatic rings. The topological polar surface area (TPSA) is 155 Å². The first-order valence-corrected chi connectivity index (χ1v) is 10.4. The molecule has 10 nitrogen and oxygen atoms in total. The van der Waals surface area contributed by atoms with E-state index in [0.717, 1.165) is 28.5 Å². The number of nitrogens with two attached hydrogens (primary N) is 2. The van der Waals surface area contributed by atoms with Crippen LogP contribution in [-0.4, -0.2) is 50.9 Å². The van der Waals surface area contributed by atoms with E-state index in [-0.39, 0.29) is 23.5 Å². The van der Waals surface area contributed by atoms with Crippen molar-refractivity contribution in [3.05, 3.63) is 47.9 Å². The molecular formula is C23H25N7O3. The van der Waals surface area contributed by atoms with Crippen LogP contribution >= 0.6 is 0 Å². The van der Waals surface area contributed by atoms with Crippen LogP contribution in [0.1, 0.15) is 29.4 Å². The molecule has 0 aliphatic heterocycles. The fourth-order valence-electron chi connectivity index (χ4n) is 3.64. The number of nitrogens with one attached hydrogen (secondary N) is 1. The van der Waals surface area contributed by atoms with Crippen molar-refractivity contribution in [2.24, 2.45) is 5.73 Å². The zero-order valence-electron chi connectivity index (χ0n) is 18.6. The van der Waals surface area contributed by atoms with Crippen LogP contribution in [0.15, 0.2) is 36.7 Å². The summed E-state index contributed by atoms with van der Waals surface area (Å²) in [5.41, 5.74) is 16.3. The number of carbonyl (C=O) groups is 1. The smallest absolute Gasteiger partial charge is 0.317 e. The number of anilines is 1. The molecular weight excluding hydrogens is 422 g/mol. The van der Waals surface area contributed by atoms with Gasteiger partial charge in [0.25, 0.3) is 5.91 Å². The number of nitrogens with zero attached hydrogens (tertiary/aromatic N) is 4. The number of H-pyrrole nitrogens is 1. The van der Waals surface area contributed by atoms with E-state index in [2.05, 4.69) is 25.1 Å². The molecule has 0 fully saturated rings. The van der Waals surface area contributed by atoms with Gasteiger partial charge in [0.15, 0.2) is 5.69 Å². The maximum Gasteiger partial charge on any atom is 0.317 e. The quantitative estimate of drug-likeness (QED) is 0.372. The number of primary amides is 1. The fraction of sp³-hybridized carbons (Fsp3) is 0.261. The number of aromatic amines is 1. The Bertz CT molecular complexity index is 1310. The predicted octanol–water partition coefficient (Wildman–Crippen LogP) is 2.88. The Morgan fingerprint density at radius 3 is 2.76 bits per heavy atom. The maximum atomic E-state index is 12.2. The van der Waals surface area contributed by atoms with E-state index >= 15 is 0 Å². The van der Waals surface area contributed by atoms with Crippen LogP contribution < -0.4 is 16.2 Å². The number of aryl methyl sites for hydroxylation is 1. The average molecular weight is 447 g/mol. The number of hydrogen-bond donors (Lipinski definition) is 3. The molecule has 0 spiro atoms. The number of benzene rings is 1. The van der Waals surface area contributed by atoms with E-state index in [1.165, 1.54) is 0 Å². The van der Waals surface area contributed by atoms with Crippen molar-refractivity contribution < 1.29 is 14.3 Å². The molecule has 0 aliphatic carbocycles. The highest BCUT2D eigenvalue weighted by Crippen LogP contribution is 2.37. The second-order valence-corrected chi connectivity index (χ2v) is 7.57. The third-order valence-electron chi connectivity index (χ3n) is 5.48. The zero-order chi connectivity index (χ0) is 23.5. The number of fused-ring (bicyclic) bond motifs is 1. The molecule has 170 valence electrons. The van der Waals surface area contributed by atoms with Gasteiger partial charge in [0.05, 0.1) is 34.9 Å². The molecule has 0 saturated heterocycles. The third-order valence-corrected chi connectivity index (χ3v) is 5.48. The number of rotatable bonds is 8. The average Bonchev–Trinajstić information content (AvgIpc) is 3.29. The normalized spacial score (nSPS) is 12.1. The number of nitrogen functional groups attached to an aromatic ring is 1. The minimum absolute atomic E-state index is 0.0334. The summed E-state index contributed by atoms with van der Waals surface area (Å²) in [5.74, 6) is -0.732. The summed E-state index contributed by atoms with van der Waals surface area (Å²) in [4.78, 5) is 25.2. The van der Waals surface area contributed by atoms with E-state index < -0.39 is 5.91 Å². The number of pyridine rings is 1. The lowest BCUT2D eigenvalue weighted by molar-refractivity contribution is 0.0523. The third kappa shape index (κ3) is 4.33. The first kappa shape index (κ1) is 22.2. The van der Waals surface area contributed by atoms with Gasteiger partial charge >= 0.3 is 6.01 Å². The predicted molar refractivity (Wildman–Crippen MR) is 125 cm³/mol. The van der Waals surface area contributed by atoms with E-state index in [9.17, 15) is 4.79 Å². The minimum Gasteiger partial charge on any atom is -0.461 e. The van der Waals surface area contributed by atoms with Gasteiger partial charge in [-0.05, 0) is 42.7 Å². The summed E-state index contributed by atoms with van der Waals surface area (Å²) in [6.07, 6.45) is 4.01. The Hall–Kier alpha value is -4.05. The molecule has 3 aromatic heterocycles. The highest BCUT2D eigenvalue weighted by Gasteiger charge is 2.20. The van der Waals surface area contributed by atoms with E-state index in [1.54, 1.807) is 31.6 Å². The van der Waals surface area contributed by atoms with Crippen molar-refractivity contribution >= 4 is 22.5 Å². The van der Waals surface area contributed by atoms with E-state index in [4.69, 9.17) is 20.9 Å².